The molecular weight excluding hydrogens is 829 g/mol. The van der Waals surface area contributed by atoms with Crippen LogP contribution in [-0.2, 0) is 23.8 Å². The molecule has 2 fully saturated rings. The lowest BCUT2D eigenvalue weighted by atomic mass is 9.75. The topological polar surface area (TPSA) is 240 Å². The number of nitrogens with zero attached hydrogens (tertiary/aromatic N) is 3. The van der Waals surface area contributed by atoms with E-state index in [9.17, 15) is 45.0 Å². The normalized spacial score (nSPS) is 33.2. The lowest BCUT2D eigenvalue weighted by molar-refractivity contribution is -0.204. The third-order valence-electron chi connectivity index (χ3n) is 13.5. The van der Waals surface area contributed by atoms with E-state index < -0.39 is 88.5 Å². The number of aliphatic hydroxyl groups excluding tert-OH is 2. The zero-order chi connectivity index (χ0) is 47.0. The molecule has 0 radical (unpaired) electrons. The number of aromatic hydroxyl groups is 3. The number of hydrogen-bond donors (Lipinski definition) is 7. The van der Waals surface area contributed by atoms with Crippen LogP contribution in [0.1, 0.15) is 95.6 Å². The molecule has 5 aliphatic rings. The first-order valence-electron chi connectivity index (χ1n) is 22.0. The number of phenols is 3. The second-order valence-corrected chi connectivity index (χ2v) is 18.1. The number of amides is 1. The van der Waals surface area contributed by atoms with Crippen LogP contribution in [0.5, 0.6) is 23.0 Å². The van der Waals surface area contributed by atoms with Gasteiger partial charge in [0, 0.05) is 87.5 Å². The largest absolute Gasteiger partial charge is 0.507 e. The van der Waals surface area contributed by atoms with Crippen molar-refractivity contribution in [3.05, 3.63) is 52.8 Å². The van der Waals surface area contributed by atoms with Crippen LogP contribution in [0.4, 0.5) is 5.69 Å². The Labute approximate surface area is 373 Å². The van der Waals surface area contributed by atoms with Gasteiger partial charge in [-0.1, -0.05) is 51.8 Å². The van der Waals surface area contributed by atoms with Crippen molar-refractivity contribution < 1.29 is 64.0 Å². The summed E-state index contributed by atoms with van der Waals surface area (Å²) < 4.78 is 23.4. The molecule has 1 aliphatic carbocycles. The van der Waals surface area contributed by atoms with E-state index in [2.05, 4.69) is 15.3 Å². The van der Waals surface area contributed by atoms with Gasteiger partial charge in [0.25, 0.3) is 11.7 Å². The number of ketones is 1. The van der Waals surface area contributed by atoms with E-state index in [-0.39, 0.29) is 44.5 Å². The molecule has 7 rings (SSSR count). The number of carbonyl (C=O) groups excluding carboxylic acids is 3. The van der Waals surface area contributed by atoms with Crippen LogP contribution in [0.15, 0.2) is 41.2 Å². The Kier molecular flexibility index (Phi) is 14.4. The summed E-state index contributed by atoms with van der Waals surface area (Å²) in [5.74, 6) is -8.69. The minimum atomic E-state index is -2.14. The Hall–Kier alpha value is -5.20. The van der Waals surface area contributed by atoms with Crippen molar-refractivity contribution in [2.45, 2.75) is 123 Å². The Morgan fingerprint density at radius 2 is 1.61 bits per heavy atom. The molecule has 0 spiro atoms. The maximum atomic E-state index is 14.5. The van der Waals surface area contributed by atoms with E-state index in [1.165, 1.54) is 84.9 Å². The van der Waals surface area contributed by atoms with Crippen LogP contribution in [-0.4, -0.2) is 140 Å². The quantitative estimate of drug-likeness (QED) is 0.0927. The van der Waals surface area contributed by atoms with Crippen molar-refractivity contribution in [3.63, 3.8) is 0 Å². The highest BCUT2D eigenvalue weighted by molar-refractivity contribution is 6.23. The van der Waals surface area contributed by atoms with Crippen molar-refractivity contribution in [1.29, 1.82) is 0 Å². The van der Waals surface area contributed by atoms with Crippen LogP contribution < -0.4 is 10.1 Å². The van der Waals surface area contributed by atoms with Gasteiger partial charge in [-0.05, 0) is 39.7 Å². The molecule has 0 aromatic heterocycles. The summed E-state index contributed by atoms with van der Waals surface area (Å²) in [6.07, 6.45) is 7.97. The van der Waals surface area contributed by atoms with Crippen molar-refractivity contribution in [3.8, 4) is 23.0 Å². The molecule has 4 heterocycles. The van der Waals surface area contributed by atoms with Crippen LogP contribution in [0.2, 0.25) is 0 Å². The average molecular weight is 893 g/mol. The summed E-state index contributed by atoms with van der Waals surface area (Å²) in [6, 6.07) is 0.543. The van der Waals surface area contributed by atoms with E-state index in [0.717, 1.165) is 26.3 Å². The number of esters is 1. The lowest BCUT2D eigenvalue weighted by Crippen LogP contribution is -2.59. The smallest absolute Gasteiger partial charge is 0.312 e. The molecule has 1 saturated heterocycles. The molecule has 17 nitrogen and oxygen atoms in total. The fraction of sp³-hybridized carbons (Fsp3) is 0.574. The molecule has 4 aliphatic heterocycles. The Bertz CT molecular complexity index is 2240. The molecule has 2 aromatic carbocycles. The molecule has 1 unspecified atom stereocenters. The number of nitrogens with one attached hydrogen (secondary N) is 1. The fourth-order valence-corrected chi connectivity index (χ4v) is 9.52. The third kappa shape index (κ3) is 9.18. The monoisotopic (exact) mass is 892 g/mol. The fourth-order valence-electron chi connectivity index (χ4n) is 9.52. The molecule has 64 heavy (non-hydrogen) atoms. The molecule has 350 valence electrons. The van der Waals surface area contributed by atoms with Gasteiger partial charge in [0.15, 0.2) is 5.75 Å². The van der Waals surface area contributed by atoms with Gasteiger partial charge in [0.2, 0.25) is 0 Å². The predicted octanol–water partition coefficient (Wildman–Crippen LogP) is 4.76. The maximum Gasteiger partial charge on any atom is 0.312 e. The first-order valence-corrected chi connectivity index (χ1v) is 22.0. The molecular formula is C47H64N4O13. The molecule has 1 amide bonds. The van der Waals surface area contributed by atoms with E-state index >= 15 is 0 Å². The standard InChI is InChI=1S/C47H64N4O13/c1-24-13-12-14-25(2)45(59)49-36-31(23-48-51-20-18-50(19-21-51)30-15-10-11-16-30)39(55)33-34(40(36)56)38(54)27(4)41-35(33)43(58)47(8,64-41)62-22-17-32(61-9)26(3)44(63-29(6)52)46(7,60)42(57)28(5)37(24)53/h12-14,17,22-24,26,28,30,32,37,42,44,53-57,60H,10-11,15-16,18-21H2,1-9H3,(H,49,59)/b13-12+,22-17+,25-14-,48-23+/t24-,26+,28+,32-,37-,42+,44+,46?,47-/m0/s1. The van der Waals surface area contributed by atoms with Gasteiger partial charge in [-0.3, -0.25) is 24.3 Å². The number of allylic oxidation sites excluding steroid dienone is 2. The molecule has 9 atom stereocenters. The number of rotatable bonds is 5. The Morgan fingerprint density at radius 3 is 2.23 bits per heavy atom. The van der Waals surface area contributed by atoms with Gasteiger partial charge in [-0.2, -0.15) is 5.10 Å². The number of aliphatic hydroxyl groups is 3. The Morgan fingerprint density at radius 1 is 0.953 bits per heavy atom. The van der Waals surface area contributed by atoms with Crippen molar-refractivity contribution in [1.82, 2.24) is 9.91 Å². The summed E-state index contributed by atoms with van der Waals surface area (Å²) in [4.78, 5) is 43.3. The van der Waals surface area contributed by atoms with Gasteiger partial charge >= 0.3 is 11.8 Å². The molecule has 17 heteroatoms. The van der Waals surface area contributed by atoms with Crippen molar-refractivity contribution in [2.24, 2.45) is 22.9 Å². The van der Waals surface area contributed by atoms with Gasteiger partial charge in [-0.15, -0.1) is 0 Å². The second kappa shape index (κ2) is 19.1. The van der Waals surface area contributed by atoms with Crippen molar-refractivity contribution >= 4 is 40.3 Å². The number of hydrogen-bond acceptors (Lipinski definition) is 16. The SMILES string of the molecule is CO[C@H]1/C=C/O[C@@]2(C)Oc3c(C)c(O)c4c(O)c(c(/C=N/N5CCN(C6CCCC6)CC5)c(O)c4c3C2=O)NC(=O)/C(C)=C\C=C\[C@H](C)[C@H](O)[C@@H](C)[C@@H](O)C(C)(O)[C@H](OC(C)=O)[C@@H]1C. The molecule has 7 N–H and O–H groups in total. The summed E-state index contributed by atoms with van der Waals surface area (Å²) in [5.41, 5.74) is -2.58. The highest BCUT2D eigenvalue weighted by Crippen LogP contribution is 2.55. The number of phenolic OH excluding ortho intramolecular Hbond substituents is 3. The first kappa shape index (κ1) is 48.3. The predicted molar refractivity (Wildman–Crippen MR) is 238 cm³/mol. The first-order chi connectivity index (χ1) is 30.1. The number of ether oxygens (including phenoxy) is 4. The van der Waals surface area contributed by atoms with Crippen LogP contribution >= 0.6 is 0 Å². The highest BCUT2D eigenvalue weighted by Gasteiger charge is 2.51. The number of benzene rings is 2. The van der Waals surface area contributed by atoms with Gasteiger partial charge in [0.1, 0.15) is 29.0 Å². The lowest BCUT2D eigenvalue weighted by Gasteiger charge is -2.43. The zero-order valence-electron chi connectivity index (χ0n) is 38.1. The van der Waals surface area contributed by atoms with Crippen LogP contribution in [0, 0.1) is 24.7 Å². The van der Waals surface area contributed by atoms with Gasteiger partial charge in [0.05, 0.1) is 53.0 Å². The minimum Gasteiger partial charge on any atom is -0.507 e. The minimum absolute atomic E-state index is 0.0337. The maximum absolute atomic E-state index is 14.5. The zero-order valence-corrected chi connectivity index (χ0v) is 38.1. The number of fused-ring (bicyclic) bond motifs is 14. The number of carbonyl (C=O) groups is 3. The summed E-state index contributed by atoms with van der Waals surface area (Å²) in [6.45, 7) is 14.3. The van der Waals surface area contributed by atoms with Gasteiger partial charge in [-0.25, -0.2) is 0 Å². The number of anilines is 1. The third-order valence-corrected chi connectivity index (χ3v) is 13.5. The average Bonchev–Trinajstić information content (AvgIpc) is 3.89. The summed E-state index contributed by atoms with van der Waals surface area (Å²) in [5, 5.41) is 79.4. The number of piperazine rings is 1. The van der Waals surface area contributed by atoms with E-state index in [1.54, 1.807) is 26.8 Å². The molecule has 1 saturated carbocycles. The van der Waals surface area contributed by atoms with Crippen molar-refractivity contribution in [2.75, 3.05) is 38.6 Å². The number of Topliss-reactive ketones (excluding diaryl/α,β-unsaturated/α-hetero) is 1. The number of methoxy groups -OCH3 is 1. The van der Waals surface area contributed by atoms with Crippen LogP contribution in [0.25, 0.3) is 10.8 Å². The summed E-state index contributed by atoms with van der Waals surface area (Å²) in [7, 11) is 1.36. The van der Waals surface area contributed by atoms with E-state index in [1.807, 2.05) is 5.01 Å². The van der Waals surface area contributed by atoms with E-state index in [0.29, 0.717) is 19.1 Å². The number of hydrazone groups is 1. The van der Waals surface area contributed by atoms with E-state index in [4.69, 9.17) is 18.9 Å². The Balaban J connectivity index is 1.48. The molecule has 5 bridgehead atoms. The highest BCUT2D eigenvalue weighted by atomic mass is 16.7. The molecule has 2 aromatic rings. The van der Waals surface area contributed by atoms with Gasteiger partial charge < -0.3 is 54.9 Å². The second-order valence-electron chi connectivity index (χ2n) is 18.1. The summed E-state index contributed by atoms with van der Waals surface area (Å²) >= 11 is 0. The van der Waals surface area contributed by atoms with Crippen LogP contribution in [0.3, 0.4) is 0 Å².